The molecule has 0 aromatic carbocycles. The van der Waals surface area contributed by atoms with Crippen molar-refractivity contribution in [2.24, 2.45) is 0 Å². The van der Waals surface area contributed by atoms with Crippen molar-refractivity contribution in [2.45, 2.75) is 32.5 Å². The quantitative estimate of drug-likeness (QED) is 0.403. The van der Waals surface area contributed by atoms with Crippen LogP contribution in [0.3, 0.4) is 0 Å². The zero-order valence-corrected chi connectivity index (χ0v) is 12.7. The number of aliphatic hydroxyl groups excluding tert-OH is 2. The lowest BCUT2D eigenvalue weighted by Gasteiger charge is -2.23. The van der Waals surface area contributed by atoms with Crippen LogP contribution < -0.4 is 0 Å². The van der Waals surface area contributed by atoms with Gasteiger partial charge in [0.15, 0.2) is 0 Å². The van der Waals surface area contributed by atoms with Gasteiger partial charge in [0.1, 0.15) is 13.2 Å². The number of hydrogen-bond acceptors (Lipinski definition) is 4. The number of quaternary nitrogens is 1. The number of nitrogens with zero attached hydrogens (tertiary/aromatic N) is 1. The third kappa shape index (κ3) is 18.4. The third-order valence-electron chi connectivity index (χ3n) is 2.00. The van der Waals surface area contributed by atoms with Gasteiger partial charge in [0.05, 0.1) is 33.4 Å². The number of aliphatic hydroxyl groups is 2. The van der Waals surface area contributed by atoms with Crippen molar-refractivity contribution in [2.75, 3.05) is 34.3 Å². The van der Waals surface area contributed by atoms with Crippen molar-refractivity contribution in [3.8, 4) is 0 Å². The number of hydrogen-bond donors (Lipinski definition) is 4. The molecule has 0 heterocycles. The molecule has 2 atom stereocenters. The Morgan fingerprint density at radius 2 is 1.67 bits per heavy atom. The summed E-state index contributed by atoms with van der Waals surface area (Å²) in [5, 5.41) is 17.3. The fourth-order valence-corrected chi connectivity index (χ4v) is 1.09. The summed E-state index contributed by atoms with van der Waals surface area (Å²) >= 11 is 0. The largest absolute Gasteiger partial charge is 0.469 e. The van der Waals surface area contributed by atoms with E-state index in [-0.39, 0.29) is 6.61 Å². The van der Waals surface area contributed by atoms with Gasteiger partial charge in [-0.2, -0.15) is 0 Å². The van der Waals surface area contributed by atoms with Gasteiger partial charge in [-0.05, 0) is 13.3 Å². The summed E-state index contributed by atoms with van der Waals surface area (Å²) in [5.74, 6) is 0. The molecule has 7 nitrogen and oxygen atoms in total. The van der Waals surface area contributed by atoms with E-state index in [9.17, 15) is 4.57 Å². The fourth-order valence-electron chi connectivity index (χ4n) is 0.775. The summed E-state index contributed by atoms with van der Waals surface area (Å²) in [4.78, 5) is 16.6. The number of likely N-dealkylation sites (N-methyl/N-ethyl adjacent to an activating group) is 1. The van der Waals surface area contributed by atoms with Crippen LogP contribution in [0.5, 0.6) is 0 Å². The Hall–Kier alpha value is -0.0100. The summed E-state index contributed by atoms with van der Waals surface area (Å²) in [6.07, 6.45) is -0.498. The maximum atomic E-state index is 10.2. The van der Waals surface area contributed by atoms with Crippen molar-refractivity contribution in [3.05, 3.63) is 0 Å². The molecule has 112 valence electrons. The first-order chi connectivity index (χ1) is 7.89. The van der Waals surface area contributed by atoms with Crippen LogP contribution in [0.4, 0.5) is 0 Å². The summed E-state index contributed by atoms with van der Waals surface area (Å²) in [7, 11) is 1.50. The second kappa shape index (κ2) is 8.98. The van der Waals surface area contributed by atoms with Crippen molar-refractivity contribution < 1.29 is 33.6 Å². The average molecular weight is 288 g/mol. The lowest BCUT2D eigenvalue weighted by molar-refractivity contribution is -0.870. The maximum Gasteiger partial charge on any atom is 0.469 e. The Bertz CT molecular complexity index is 247. The third-order valence-corrected chi connectivity index (χ3v) is 2.52. The van der Waals surface area contributed by atoms with E-state index >= 15 is 0 Å². The topological polar surface area (TPSA) is 107 Å². The smallest absolute Gasteiger partial charge is 0.391 e. The molecule has 0 aromatic rings. The van der Waals surface area contributed by atoms with E-state index in [2.05, 4.69) is 4.52 Å². The second-order valence-electron chi connectivity index (χ2n) is 5.05. The first kappa shape index (κ1) is 20.3. The lowest BCUT2D eigenvalue weighted by Crippen LogP contribution is -2.37. The minimum Gasteiger partial charge on any atom is -0.391 e. The Kier molecular flexibility index (Phi) is 10.1. The van der Waals surface area contributed by atoms with E-state index < -0.39 is 20.0 Å². The van der Waals surface area contributed by atoms with Crippen LogP contribution in [-0.2, 0) is 9.09 Å². The van der Waals surface area contributed by atoms with Gasteiger partial charge in [-0.3, -0.25) is 4.52 Å². The molecule has 0 spiro atoms. The first-order valence-electron chi connectivity index (χ1n) is 5.75. The SMILES string of the molecule is CCC(O)C(C)O.C[N+](C)(C)CCOP(=O)(O)O. The van der Waals surface area contributed by atoms with Crippen molar-refractivity contribution in [3.63, 3.8) is 0 Å². The highest BCUT2D eigenvalue weighted by Crippen LogP contribution is 2.35. The summed E-state index contributed by atoms with van der Waals surface area (Å²) in [6.45, 7) is 4.06. The molecule has 0 amide bonds. The molecule has 0 saturated heterocycles. The molecule has 0 aromatic heterocycles. The van der Waals surface area contributed by atoms with Gasteiger partial charge < -0.3 is 24.5 Å². The zero-order valence-electron chi connectivity index (χ0n) is 11.8. The van der Waals surface area contributed by atoms with Gasteiger partial charge in [-0.15, -0.1) is 0 Å². The molecule has 0 saturated carbocycles. The van der Waals surface area contributed by atoms with Crippen LogP contribution in [0.15, 0.2) is 0 Å². The summed E-state index contributed by atoms with van der Waals surface area (Å²) in [6, 6.07) is 0. The number of phosphoric ester groups is 1. The van der Waals surface area contributed by atoms with E-state index in [0.29, 0.717) is 17.4 Å². The Morgan fingerprint density at radius 1 is 1.22 bits per heavy atom. The van der Waals surface area contributed by atoms with Gasteiger partial charge in [0, 0.05) is 0 Å². The number of rotatable bonds is 6. The highest BCUT2D eigenvalue weighted by molar-refractivity contribution is 7.46. The number of phosphoric acid groups is 1. The van der Waals surface area contributed by atoms with E-state index in [1.807, 2.05) is 28.1 Å². The molecule has 0 fully saturated rings. The molecule has 0 bridgehead atoms. The molecule has 2 unspecified atom stereocenters. The molecule has 0 aliphatic carbocycles. The molecule has 0 rings (SSSR count). The molecular formula is C10H27NO6P+. The zero-order chi connectivity index (χ0) is 15.0. The van der Waals surface area contributed by atoms with Crippen molar-refractivity contribution in [1.82, 2.24) is 0 Å². The molecule has 0 aliphatic rings. The predicted octanol–water partition coefficient (Wildman–Crippen LogP) is -0.0600. The first-order valence-corrected chi connectivity index (χ1v) is 7.28. The van der Waals surface area contributed by atoms with Crippen molar-refractivity contribution in [1.29, 1.82) is 0 Å². The van der Waals surface area contributed by atoms with Gasteiger partial charge in [-0.25, -0.2) is 4.57 Å². The molecular weight excluding hydrogens is 261 g/mol. The van der Waals surface area contributed by atoms with Gasteiger partial charge in [0.25, 0.3) is 0 Å². The van der Waals surface area contributed by atoms with Gasteiger partial charge >= 0.3 is 7.82 Å². The van der Waals surface area contributed by atoms with Gasteiger partial charge in [-0.1, -0.05) is 6.92 Å². The van der Waals surface area contributed by atoms with E-state index in [0.717, 1.165) is 0 Å². The van der Waals surface area contributed by atoms with Crippen LogP contribution in [0.25, 0.3) is 0 Å². The van der Waals surface area contributed by atoms with Crippen LogP contribution in [0.1, 0.15) is 20.3 Å². The Labute approximate surface area is 109 Å². The minimum atomic E-state index is -4.26. The van der Waals surface area contributed by atoms with Crippen LogP contribution in [0, 0.1) is 0 Å². The molecule has 0 aliphatic heterocycles. The lowest BCUT2D eigenvalue weighted by atomic mass is 10.2. The standard InChI is InChI=1S/C5H14NO4P.C5H12O2/c1-6(2,3)4-5-10-11(7,8)9;1-3-5(7)4(2)6/h4-5H2,1-3H3,(H-,7,8,9);4-7H,3H2,1-2H3/p+1. The summed E-state index contributed by atoms with van der Waals surface area (Å²) < 4.78 is 15.1. The molecule has 8 heteroatoms. The summed E-state index contributed by atoms with van der Waals surface area (Å²) in [5.41, 5.74) is 0. The monoisotopic (exact) mass is 288 g/mol. The fraction of sp³-hybridized carbons (Fsp3) is 1.00. The molecule has 0 radical (unpaired) electrons. The molecule has 18 heavy (non-hydrogen) atoms. The van der Waals surface area contributed by atoms with Crippen LogP contribution in [0.2, 0.25) is 0 Å². The minimum absolute atomic E-state index is 0.0772. The predicted molar refractivity (Wildman–Crippen MR) is 68.9 cm³/mol. The average Bonchev–Trinajstić information content (AvgIpc) is 2.13. The van der Waals surface area contributed by atoms with Crippen LogP contribution in [-0.4, -0.2) is 71.0 Å². The van der Waals surface area contributed by atoms with E-state index in [1.165, 1.54) is 0 Å². The van der Waals surface area contributed by atoms with Gasteiger partial charge in [0.2, 0.25) is 0 Å². The Balaban J connectivity index is 0. The van der Waals surface area contributed by atoms with E-state index in [4.69, 9.17) is 20.0 Å². The maximum absolute atomic E-state index is 10.2. The Morgan fingerprint density at radius 3 is 1.83 bits per heavy atom. The second-order valence-corrected chi connectivity index (χ2v) is 6.29. The normalized spacial score (nSPS) is 15.6. The van der Waals surface area contributed by atoms with Crippen LogP contribution >= 0.6 is 7.82 Å². The highest BCUT2D eigenvalue weighted by atomic mass is 31.2. The highest BCUT2D eigenvalue weighted by Gasteiger charge is 2.15. The molecule has 4 N–H and O–H groups in total. The van der Waals surface area contributed by atoms with Crippen molar-refractivity contribution >= 4 is 7.82 Å². The van der Waals surface area contributed by atoms with E-state index in [1.54, 1.807) is 6.92 Å².